The molecule has 0 fully saturated rings. The third-order valence-corrected chi connectivity index (χ3v) is 4.55. The van der Waals surface area contributed by atoms with Crippen molar-refractivity contribution in [1.29, 1.82) is 0 Å². The minimum absolute atomic E-state index is 0.0381. The average molecular weight is 563 g/mol. The van der Waals surface area contributed by atoms with Gasteiger partial charge < -0.3 is 28.4 Å². The highest BCUT2D eigenvalue weighted by Crippen LogP contribution is 2.10. The maximum absolute atomic E-state index is 12.0. The van der Waals surface area contributed by atoms with E-state index >= 15 is 0 Å². The highest BCUT2D eigenvalue weighted by Gasteiger charge is 2.16. The zero-order valence-electron chi connectivity index (χ0n) is 22.2. The fourth-order valence-corrected chi connectivity index (χ4v) is 2.50. The fourth-order valence-electron chi connectivity index (χ4n) is 2.50. The van der Waals surface area contributed by atoms with Crippen molar-refractivity contribution in [1.82, 2.24) is 0 Å². The molecule has 0 aromatic rings. The first-order valence-corrected chi connectivity index (χ1v) is 12.0. The molecule has 1 atom stereocenters. The summed E-state index contributed by atoms with van der Waals surface area (Å²) in [7, 11) is 0. The van der Waals surface area contributed by atoms with Crippen LogP contribution in [0.1, 0.15) is 12.8 Å². The van der Waals surface area contributed by atoms with Crippen LogP contribution in [-0.2, 0) is 57.2 Å². The van der Waals surface area contributed by atoms with Gasteiger partial charge in [0.05, 0.1) is 25.7 Å². The van der Waals surface area contributed by atoms with E-state index in [0.29, 0.717) is 12.8 Å². The van der Waals surface area contributed by atoms with Crippen LogP contribution in [-0.4, -0.2) is 75.5 Å². The van der Waals surface area contributed by atoms with E-state index in [1.807, 2.05) is 0 Å². The summed E-state index contributed by atoms with van der Waals surface area (Å²) in [6.07, 6.45) is 9.41. The van der Waals surface area contributed by atoms with E-state index in [-0.39, 0.29) is 45.6 Å². The molecule has 0 aliphatic rings. The minimum atomic E-state index is -0.769. The zero-order valence-corrected chi connectivity index (χ0v) is 22.2. The Morgan fingerprint density at radius 1 is 0.475 bits per heavy atom. The highest BCUT2D eigenvalue weighted by atomic mass is 16.6. The van der Waals surface area contributed by atoms with Crippen molar-refractivity contribution in [2.24, 2.45) is 11.8 Å². The number of allylic oxidation sites excluding steroid dienone is 2. The molecule has 0 rings (SSSR count). The van der Waals surface area contributed by atoms with Crippen LogP contribution in [0.15, 0.2) is 74.9 Å². The molecule has 40 heavy (non-hydrogen) atoms. The second kappa shape index (κ2) is 22.3. The zero-order chi connectivity index (χ0) is 30.2. The van der Waals surface area contributed by atoms with Crippen LogP contribution in [0.4, 0.5) is 0 Å². The normalized spacial score (nSPS) is 11.2. The molecule has 0 amide bonds. The molecule has 0 aromatic heterocycles. The van der Waals surface area contributed by atoms with Crippen molar-refractivity contribution >= 4 is 35.8 Å². The summed E-state index contributed by atoms with van der Waals surface area (Å²) in [5.41, 5.74) is 0. The maximum Gasteiger partial charge on any atom is 0.330 e. The summed E-state index contributed by atoms with van der Waals surface area (Å²) in [5, 5.41) is 0. The van der Waals surface area contributed by atoms with E-state index in [4.69, 9.17) is 28.4 Å². The molecule has 0 saturated heterocycles. The van der Waals surface area contributed by atoms with Crippen LogP contribution >= 0.6 is 0 Å². The van der Waals surface area contributed by atoms with Gasteiger partial charge in [0.15, 0.2) is 0 Å². The van der Waals surface area contributed by atoms with E-state index < -0.39 is 41.7 Å². The molecule has 0 spiro atoms. The SMILES string of the molecule is C=CC(=O)OCCCC(COC(=O)C=C)COC(=O)C=CC=CC(=O)OCC(COC(=O)C=C)COC(=O)C=C. The van der Waals surface area contributed by atoms with Gasteiger partial charge >= 0.3 is 35.8 Å². The second-order valence-electron chi connectivity index (χ2n) is 7.73. The summed E-state index contributed by atoms with van der Waals surface area (Å²) in [6.45, 7) is 12.5. The van der Waals surface area contributed by atoms with Crippen LogP contribution < -0.4 is 0 Å². The topological polar surface area (TPSA) is 158 Å². The van der Waals surface area contributed by atoms with Crippen molar-refractivity contribution in [3.63, 3.8) is 0 Å². The molecule has 0 bridgehead atoms. The van der Waals surface area contributed by atoms with Gasteiger partial charge in [-0.1, -0.05) is 38.5 Å². The molecule has 12 heteroatoms. The van der Waals surface area contributed by atoms with Gasteiger partial charge in [0.1, 0.15) is 19.8 Å². The largest absolute Gasteiger partial charge is 0.463 e. The summed E-state index contributed by atoms with van der Waals surface area (Å²) in [4.78, 5) is 68.9. The van der Waals surface area contributed by atoms with Gasteiger partial charge in [0.2, 0.25) is 0 Å². The summed E-state index contributed by atoms with van der Waals surface area (Å²) >= 11 is 0. The molecule has 1 unspecified atom stereocenters. The third-order valence-electron chi connectivity index (χ3n) is 4.55. The first-order chi connectivity index (χ1) is 19.1. The third kappa shape index (κ3) is 19.4. The van der Waals surface area contributed by atoms with Crippen molar-refractivity contribution in [3.8, 4) is 0 Å². The summed E-state index contributed by atoms with van der Waals surface area (Å²) < 4.78 is 29.9. The Labute approximate surface area is 232 Å². The van der Waals surface area contributed by atoms with Crippen LogP contribution in [0, 0.1) is 11.8 Å². The second-order valence-corrected chi connectivity index (χ2v) is 7.73. The maximum atomic E-state index is 12.0. The van der Waals surface area contributed by atoms with Gasteiger partial charge in [0, 0.05) is 42.4 Å². The number of hydrogen-bond acceptors (Lipinski definition) is 12. The first-order valence-electron chi connectivity index (χ1n) is 12.0. The Kier molecular flexibility index (Phi) is 19.6. The van der Waals surface area contributed by atoms with Gasteiger partial charge in [-0.3, -0.25) is 0 Å². The molecule has 0 heterocycles. The van der Waals surface area contributed by atoms with Crippen LogP contribution in [0.25, 0.3) is 0 Å². The van der Waals surface area contributed by atoms with Crippen molar-refractivity contribution < 1.29 is 57.2 Å². The Bertz CT molecular complexity index is 952. The van der Waals surface area contributed by atoms with E-state index in [2.05, 4.69) is 26.3 Å². The van der Waals surface area contributed by atoms with Crippen LogP contribution in [0.2, 0.25) is 0 Å². The van der Waals surface area contributed by atoms with Gasteiger partial charge in [-0.05, 0) is 12.8 Å². The molecule has 0 saturated carbocycles. The predicted molar refractivity (Wildman–Crippen MR) is 141 cm³/mol. The Morgan fingerprint density at radius 2 is 0.800 bits per heavy atom. The summed E-state index contributed by atoms with van der Waals surface area (Å²) in [5.74, 6) is -5.07. The van der Waals surface area contributed by atoms with Gasteiger partial charge in [-0.2, -0.15) is 0 Å². The Hall–Kier alpha value is -4.74. The van der Waals surface area contributed by atoms with Gasteiger partial charge in [-0.25, -0.2) is 28.8 Å². The van der Waals surface area contributed by atoms with E-state index in [9.17, 15) is 28.8 Å². The highest BCUT2D eigenvalue weighted by molar-refractivity contribution is 5.85. The molecular weight excluding hydrogens is 528 g/mol. The van der Waals surface area contributed by atoms with Crippen LogP contribution in [0.3, 0.4) is 0 Å². The van der Waals surface area contributed by atoms with E-state index in [0.717, 1.165) is 36.5 Å². The van der Waals surface area contributed by atoms with Crippen molar-refractivity contribution in [2.45, 2.75) is 12.8 Å². The number of rotatable bonds is 21. The summed E-state index contributed by atoms with van der Waals surface area (Å²) in [6, 6.07) is 0. The lowest BCUT2D eigenvalue weighted by molar-refractivity contribution is -0.148. The monoisotopic (exact) mass is 562 g/mol. The molecule has 12 nitrogen and oxygen atoms in total. The number of ether oxygens (including phenoxy) is 6. The molecule has 0 aliphatic carbocycles. The number of esters is 6. The number of carbonyl (C=O) groups excluding carboxylic acids is 6. The molecule has 0 aliphatic heterocycles. The fraction of sp³-hybridized carbons (Fsp3) is 0.357. The van der Waals surface area contributed by atoms with Gasteiger partial charge in [-0.15, -0.1) is 0 Å². The van der Waals surface area contributed by atoms with E-state index in [1.54, 1.807) is 0 Å². The van der Waals surface area contributed by atoms with Gasteiger partial charge in [0.25, 0.3) is 0 Å². The molecule has 0 N–H and O–H groups in total. The van der Waals surface area contributed by atoms with Crippen molar-refractivity contribution in [2.75, 3.05) is 39.6 Å². The van der Waals surface area contributed by atoms with Crippen molar-refractivity contribution in [3.05, 3.63) is 74.9 Å². The van der Waals surface area contributed by atoms with Crippen LogP contribution in [0.5, 0.6) is 0 Å². The number of hydrogen-bond donors (Lipinski definition) is 0. The molecule has 0 aromatic carbocycles. The molecule has 0 radical (unpaired) electrons. The minimum Gasteiger partial charge on any atom is -0.463 e. The lowest BCUT2D eigenvalue weighted by atomic mass is 10.1. The Balaban J connectivity index is 4.68. The Morgan fingerprint density at radius 3 is 1.18 bits per heavy atom. The smallest absolute Gasteiger partial charge is 0.330 e. The first kappa shape index (κ1) is 35.3. The lowest BCUT2D eigenvalue weighted by Crippen LogP contribution is -2.25. The predicted octanol–water partition coefficient (Wildman–Crippen LogP) is 2.11. The number of carbonyl (C=O) groups is 6. The molecule has 218 valence electrons. The quantitative estimate of drug-likeness (QED) is 0.0661. The average Bonchev–Trinajstić information content (AvgIpc) is 2.96. The molecular formula is C28H34O12. The lowest BCUT2D eigenvalue weighted by Gasteiger charge is -2.16. The van der Waals surface area contributed by atoms with E-state index in [1.165, 1.54) is 12.2 Å². The standard InChI is InChI=1S/C28H34O12/c1-5-23(29)35-15-11-12-21(16-36-24(30)6-2)17-39-27(33)13-9-10-14-28(34)40-20-22(18-37-25(31)7-3)19-38-26(32)8-4/h5-10,13-14,21-22H,1-4,11-12,15-20H2.